The highest BCUT2D eigenvalue weighted by atomic mass is 15.3. The van der Waals surface area contributed by atoms with Crippen LogP contribution in [0.2, 0.25) is 0 Å². The summed E-state index contributed by atoms with van der Waals surface area (Å²) in [6.45, 7) is 3.49. The average Bonchev–Trinajstić information content (AvgIpc) is 2.88. The van der Waals surface area contributed by atoms with E-state index in [9.17, 15) is 0 Å². The number of hydrogen-bond donors (Lipinski definition) is 2. The average molecular weight is 438 g/mol. The Hall–Kier alpha value is -3.97. The zero-order chi connectivity index (χ0) is 22.5. The Balaban J connectivity index is 1.34. The summed E-state index contributed by atoms with van der Waals surface area (Å²) in [5.74, 6) is 1.39. The van der Waals surface area contributed by atoms with Crippen LogP contribution in [0.5, 0.6) is 0 Å². The quantitative estimate of drug-likeness (QED) is 0.470. The van der Waals surface area contributed by atoms with E-state index < -0.39 is 0 Å². The van der Waals surface area contributed by atoms with Crippen LogP contribution in [0.4, 0.5) is 23.0 Å². The van der Waals surface area contributed by atoms with Crippen LogP contribution in [0.15, 0.2) is 91.5 Å². The lowest BCUT2D eigenvalue weighted by Gasteiger charge is -2.40. The molecule has 0 saturated carbocycles. The molecule has 7 nitrogen and oxygen atoms in total. The summed E-state index contributed by atoms with van der Waals surface area (Å²) in [7, 11) is 0. The van der Waals surface area contributed by atoms with E-state index in [2.05, 4.69) is 90.7 Å². The molecule has 2 aromatic carbocycles. The zero-order valence-electron chi connectivity index (χ0n) is 18.4. The molecular formula is C26H27N7. The molecule has 0 atom stereocenters. The Morgan fingerprint density at radius 3 is 1.97 bits per heavy atom. The topological polar surface area (TPSA) is 83.2 Å². The van der Waals surface area contributed by atoms with Crippen LogP contribution in [0.1, 0.15) is 17.2 Å². The van der Waals surface area contributed by atoms with Crippen molar-refractivity contribution in [2.45, 2.75) is 6.04 Å². The van der Waals surface area contributed by atoms with Gasteiger partial charge in [-0.2, -0.15) is 0 Å². The first-order chi connectivity index (χ1) is 16.3. The lowest BCUT2D eigenvalue weighted by atomic mass is 9.96. The maximum absolute atomic E-state index is 6.48. The van der Waals surface area contributed by atoms with Crippen molar-refractivity contribution in [1.82, 2.24) is 19.9 Å². The van der Waals surface area contributed by atoms with Gasteiger partial charge in [-0.05, 0) is 23.3 Å². The van der Waals surface area contributed by atoms with E-state index >= 15 is 0 Å². The Bertz CT molecular complexity index is 1120. The maximum Gasteiger partial charge on any atom is 0.159 e. The number of nitrogens with zero attached hydrogens (tertiary/aromatic N) is 5. The minimum Gasteiger partial charge on any atom is -0.393 e. The molecule has 7 heteroatoms. The van der Waals surface area contributed by atoms with Crippen LogP contribution in [0.3, 0.4) is 0 Å². The molecule has 166 valence electrons. The Labute approximate surface area is 193 Å². The molecule has 0 aliphatic carbocycles. The number of nitrogens with one attached hydrogen (secondary N) is 1. The number of aromatic nitrogens is 3. The van der Waals surface area contributed by atoms with E-state index in [0.717, 1.165) is 37.7 Å². The predicted molar refractivity (Wildman–Crippen MR) is 132 cm³/mol. The monoisotopic (exact) mass is 437 g/mol. The molecule has 33 heavy (non-hydrogen) atoms. The molecule has 0 unspecified atom stereocenters. The normalized spacial score (nSPS) is 14.4. The van der Waals surface area contributed by atoms with Gasteiger partial charge in [0, 0.05) is 44.3 Å². The van der Waals surface area contributed by atoms with Gasteiger partial charge in [0.25, 0.3) is 0 Å². The van der Waals surface area contributed by atoms with E-state index in [1.807, 2.05) is 12.1 Å². The lowest BCUT2D eigenvalue weighted by Crippen LogP contribution is -2.48. The minimum absolute atomic E-state index is 0.223. The van der Waals surface area contributed by atoms with Gasteiger partial charge in [0.1, 0.15) is 12.0 Å². The summed E-state index contributed by atoms with van der Waals surface area (Å²) in [5.41, 5.74) is 10.5. The molecule has 3 heterocycles. The van der Waals surface area contributed by atoms with Gasteiger partial charge in [-0.15, -0.1) is 0 Å². The number of anilines is 4. The molecule has 0 spiro atoms. The molecule has 1 saturated heterocycles. The summed E-state index contributed by atoms with van der Waals surface area (Å²) in [6, 6.07) is 25.4. The first-order valence-corrected chi connectivity index (χ1v) is 11.2. The number of hydrogen-bond acceptors (Lipinski definition) is 7. The van der Waals surface area contributed by atoms with Gasteiger partial charge in [-0.25, -0.2) is 9.97 Å². The third-order valence-corrected chi connectivity index (χ3v) is 6.02. The van der Waals surface area contributed by atoms with E-state index in [4.69, 9.17) is 5.73 Å². The highest BCUT2D eigenvalue weighted by Gasteiger charge is 2.28. The molecule has 4 aromatic rings. The van der Waals surface area contributed by atoms with Crippen LogP contribution in [-0.4, -0.2) is 46.0 Å². The number of benzene rings is 2. The van der Waals surface area contributed by atoms with E-state index in [-0.39, 0.29) is 6.04 Å². The predicted octanol–water partition coefficient (Wildman–Crippen LogP) is 4.11. The molecule has 0 radical (unpaired) electrons. The van der Waals surface area contributed by atoms with Crippen molar-refractivity contribution in [2.24, 2.45) is 0 Å². The third kappa shape index (κ3) is 4.63. The minimum atomic E-state index is 0.223. The van der Waals surface area contributed by atoms with Crippen molar-refractivity contribution >= 4 is 23.0 Å². The molecule has 0 bridgehead atoms. The van der Waals surface area contributed by atoms with Crippen LogP contribution >= 0.6 is 0 Å². The van der Waals surface area contributed by atoms with Crippen LogP contribution in [0.25, 0.3) is 0 Å². The van der Waals surface area contributed by atoms with Crippen molar-refractivity contribution in [2.75, 3.05) is 42.1 Å². The summed E-state index contributed by atoms with van der Waals surface area (Å²) in [5, 5.41) is 3.27. The molecule has 1 aliphatic heterocycles. The number of nitrogens with two attached hydrogens (primary N) is 1. The lowest BCUT2D eigenvalue weighted by molar-refractivity contribution is 0.212. The van der Waals surface area contributed by atoms with Gasteiger partial charge in [0.15, 0.2) is 11.6 Å². The molecule has 5 rings (SSSR count). The number of rotatable bonds is 6. The summed E-state index contributed by atoms with van der Waals surface area (Å²) in [6.07, 6.45) is 5.03. The fourth-order valence-corrected chi connectivity index (χ4v) is 4.39. The van der Waals surface area contributed by atoms with Gasteiger partial charge in [0.2, 0.25) is 0 Å². The van der Waals surface area contributed by atoms with Crippen molar-refractivity contribution in [3.63, 3.8) is 0 Å². The standard InChI is InChI=1S/C26H27N7/c27-23-25(31-22-11-13-28-14-12-22)29-19-30-26(23)33-17-15-32(16-18-33)24(20-7-3-1-4-8-20)21-9-5-2-6-10-21/h1-14,19,24H,15-18,27H2,(H,28,29,30,31). The smallest absolute Gasteiger partial charge is 0.159 e. The molecular weight excluding hydrogens is 410 g/mol. The number of pyridine rings is 1. The summed E-state index contributed by atoms with van der Waals surface area (Å²) >= 11 is 0. The fourth-order valence-electron chi connectivity index (χ4n) is 4.39. The van der Waals surface area contributed by atoms with Gasteiger partial charge < -0.3 is 16.0 Å². The fraction of sp³-hybridized carbons (Fsp3) is 0.192. The Kier molecular flexibility index (Phi) is 6.12. The van der Waals surface area contributed by atoms with Crippen LogP contribution < -0.4 is 16.0 Å². The van der Waals surface area contributed by atoms with Gasteiger partial charge in [-0.3, -0.25) is 9.88 Å². The second-order valence-electron chi connectivity index (χ2n) is 8.07. The van der Waals surface area contributed by atoms with Crippen molar-refractivity contribution < 1.29 is 0 Å². The van der Waals surface area contributed by atoms with Gasteiger partial charge in [-0.1, -0.05) is 60.7 Å². The van der Waals surface area contributed by atoms with Gasteiger partial charge >= 0.3 is 0 Å². The first kappa shape index (κ1) is 20.9. The Morgan fingerprint density at radius 1 is 0.758 bits per heavy atom. The largest absolute Gasteiger partial charge is 0.393 e. The third-order valence-electron chi connectivity index (χ3n) is 6.02. The number of piperazine rings is 1. The van der Waals surface area contributed by atoms with Gasteiger partial charge in [0.05, 0.1) is 6.04 Å². The van der Waals surface area contributed by atoms with Crippen LogP contribution in [0, 0.1) is 0 Å². The summed E-state index contributed by atoms with van der Waals surface area (Å²) < 4.78 is 0. The highest BCUT2D eigenvalue weighted by Crippen LogP contribution is 2.32. The second kappa shape index (κ2) is 9.67. The van der Waals surface area contributed by atoms with E-state index in [1.165, 1.54) is 11.1 Å². The van der Waals surface area contributed by atoms with Crippen molar-refractivity contribution in [3.05, 3.63) is 103 Å². The SMILES string of the molecule is Nc1c(Nc2ccncc2)ncnc1N1CCN(C(c2ccccc2)c2ccccc2)CC1. The van der Waals surface area contributed by atoms with Crippen molar-refractivity contribution in [3.8, 4) is 0 Å². The van der Waals surface area contributed by atoms with E-state index in [0.29, 0.717) is 11.5 Å². The first-order valence-electron chi connectivity index (χ1n) is 11.2. The van der Waals surface area contributed by atoms with E-state index in [1.54, 1.807) is 18.7 Å². The maximum atomic E-state index is 6.48. The zero-order valence-corrected chi connectivity index (χ0v) is 18.4. The van der Waals surface area contributed by atoms with Crippen LogP contribution in [-0.2, 0) is 0 Å². The molecule has 0 amide bonds. The van der Waals surface area contributed by atoms with Crippen molar-refractivity contribution in [1.29, 1.82) is 0 Å². The molecule has 1 fully saturated rings. The molecule has 1 aliphatic rings. The molecule has 3 N–H and O–H groups in total. The second-order valence-corrected chi connectivity index (χ2v) is 8.07. The molecule has 2 aromatic heterocycles. The summed E-state index contributed by atoms with van der Waals surface area (Å²) in [4.78, 5) is 17.7. The number of nitrogen functional groups attached to an aromatic ring is 1. The Morgan fingerprint density at radius 2 is 1.36 bits per heavy atom. The highest BCUT2D eigenvalue weighted by molar-refractivity contribution is 5.78.